The van der Waals surface area contributed by atoms with E-state index in [4.69, 9.17) is 14.2 Å². The van der Waals surface area contributed by atoms with E-state index in [9.17, 15) is 4.79 Å². The standard InChI is InChI=1S/C15H18O4S/c1-3-17-15(16)11(2)10-20-12-5-6-13-14(9-12)19-8-4-7-18-13/h5-6,9H,2-4,7-8,10H2,1H3. The summed E-state index contributed by atoms with van der Waals surface area (Å²) >= 11 is 1.53. The van der Waals surface area contributed by atoms with Crippen LogP contribution >= 0.6 is 11.8 Å². The van der Waals surface area contributed by atoms with Gasteiger partial charge in [0, 0.05) is 22.6 Å². The van der Waals surface area contributed by atoms with Crippen LogP contribution in [0.3, 0.4) is 0 Å². The van der Waals surface area contributed by atoms with Crippen LogP contribution in [-0.2, 0) is 9.53 Å². The lowest BCUT2D eigenvalue weighted by Gasteiger charge is -2.09. The quantitative estimate of drug-likeness (QED) is 0.474. The van der Waals surface area contributed by atoms with E-state index in [1.807, 2.05) is 18.2 Å². The van der Waals surface area contributed by atoms with E-state index in [0.717, 1.165) is 22.8 Å². The lowest BCUT2D eigenvalue weighted by atomic mass is 10.3. The monoisotopic (exact) mass is 294 g/mol. The van der Waals surface area contributed by atoms with E-state index >= 15 is 0 Å². The highest BCUT2D eigenvalue weighted by atomic mass is 32.2. The predicted octanol–water partition coefficient (Wildman–Crippen LogP) is 3.06. The fourth-order valence-electron chi connectivity index (χ4n) is 1.70. The summed E-state index contributed by atoms with van der Waals surface area (Å²) in [4.78, 5) is 12.5. The van der Waals surface area contributed by atoms with Crippen molar-refractivity contribution in [2.75, 3.05) is 25.6 Å². The van der Waals surface area contributed by atoms with Gasteiger partial charge in [-0.25, -0.2) is 4.79 Å². The smallest absolute Gasteiger partial charge is 0.334 e. The Morgan fingerprint density at radius 3 is 2.85 bits per heavy atom. The normalized spacial score (nSPS) is 13.4. The third-order valence-corrected chi connectivity index (χ3v) is 3.78. The SMILES string of the molecule is C=C(CSc1ccc2c(c1)OCCCO2)C(=O)OCC. The maximum absolute atomic E-state index is 11.5. The van der Waals surface area contributed by atoms with Gasteiger partial charge < -0.3 is 14.2 Å². The van der Waals surface area contributed by atoms with Gasteiger partial charge in [-0.2, -0.15) is 0 Å². The van der Waals surface area contributed by atoms with Crippen molar-refractivity contribution in [3.63, 3.8) is 0 Å². The zero-order chi connectivity index (χ0) is 14.4. The zero-order valence-corrected chi connectivity index (χ0v) is 12.3. The van der Waals surface area contributed by atoms with Gasteiger partial charge in [-0.1, -0.05) is 6.58 Å². The number of ether oxygens (including phenoxy) is 3. The van der Waals surface area contributed by atoms with Crippen molar-refractivity contribution < 1.29 is 19.0 Å². The lowest BCUT2D eigenvalue weighted by molar-refractivity contribution is -0.138. The van der Waals surface area contributed by atoms with Gasteiger partial charge in [0.2, 0.25) is 0 Å². The van der Waals surface area contributed by atoms with E-state index in [-0.39, 0.29) is 5.97 Å². The van der Waals surface area contributed by atoms with Crippen molar-refractivity contribution in [3.05, 3.63) is 30.4 Å². The molecule has 4 nitrogen and oxygen atoms in total. The molecule has 1 aliphatic rings. The summed E-state index contributed by atoms with van der Waals surface area (Å²) in [5, 5.41) is 0. The Labute approximate surface area is 123 Å². The molecule has 1 aromatic rings. The number of benzene rings is 1. The van der Waals surface area contributed by atoms with Gasteiger partial charge in [0.15, 0.2) is 11.5 Å². The molecule has 0 aromatic heterocycles. The number of fused-ring (bicyclic) bond motifs is 1. The van der Waals surface area contributed by atoms with E-state index in [2.05, 4.69) is 6.58 Å². The summed E-state index contributed by atoms with van der Waals surface area (Å²) in [6.07, 6.45) is 0.886. The van der Waals surface area contributed by atoms with Gasteiger partial charge in [-0.15, -0.1) is 11.8 Å². The maximum Gasteiger partial charge on any atom is 0.334 e. The van der Waals surface area contributed by atoms with Crippen LogP contribution in [0.1, 0.15) is 13.3 Å². The topological polar surface area (TPSA) is 44.8 Å². The number of hydrogen-bond acceptors (Lipinski definition) is 5. The zero-order valence-electron chi connectivity index (χ0n) is 11.5. The number of rotatable bonds is 5. The maximum atomic E-state index is 11.5. The molecule has 2 rings (SSSR count). The van der Waals surface area contributed by atoms with Gasteiger partial charge in [0.1, 0.15) is 0 Å². The minimum absolute atomic E-state index is 0.339. The molecule has 0 radical (unpaired) electrons. The molecule has 1 heterocycles. The first-order chi connectivity index (χ1) is 9.70. The van der Waals surface area contributed by atoms with E-state index in [0.29, 0.717) is 31.1 Å². The Morgan fingerprint density at radius 2 is 2.10 bits per heavy atom. The molecule has 0 atom stereocenters. The van der Waals surface area contributed by atoms with E-state index < -0.39 is 0 Å². The molecule has 20 heavy (non-hydrogen) atoms. The predicted molar refractivity (Wildman–Crippen MR) is 78.5 cm³/mol. The number of thioether (sulfide) groups is 1. The molecule has 0 saturated carbocycles. The molecule has 108 valence electrons. The van der Waals surface area contributed by atoms with E-state index in [1.165, 1.54) is 11.8 Å². The molecular weight excluding hydrogens is 276 g/mol. The molecule has 0 bridgehead atoms. The Hall–Kier alpha value is -1.62. The molecule has 0 N–H and O–H groups in total. The molecule has 1 aromatic carbocycles. The van der Waals surface area contributed by atoms with Gasteiger partial charge in [0.05, 0.1) is 19.8 Å². The second kappa shape index (κ2) is 7.24. The second-order valence-electron chi connectivity index (χ2n) is 4.27. The van der Waals surface area contributed by atoms with E-state index in [1.54, 1.807) is 6.92 Å². The van der Waals surface area contributed by atoms with Gasteiger partial charge in [0.25, 0.3) is 0 Å². The minimum Gasteiger partial charge on any atom is -0.490 e. The molecule has 1 aliphatic heterocycles. The molecule has 0 amide bonds. The summed E-state index contributed by atoms with van der Waals surface area (Å²) in [6.45, 7) is 7.23. The molecular formula is C15H18O4S. The van der Waals surface area contributed by atoms with Gasteiger partial charge >= 0.3 is 5.97 Å². The Bertz CT molecular complexity index is 499. The molecule has 0 unspecified atom stereocenters. The summed E-state index contributed by atoms with van der Waals surface area (Å²) in [5.41, 5.74) is 0.462. The van der Waals surface area contributed by atoms with Crippen molar-refractivity contribution in [3.8, 4) is 11.5 Å². The number of hydrogen-bond donors (Lipinski definition) is 0. The molecule has 0 fully saturated rings. The number of carbonyl (C=O) groups is 1. The Kier molecular flexibility index (Phi) is 5.35. The van der Waals surface area contributed by atoms with Gasteiger partial charge in [-0.3, -0.25) is 0 Å². The van der Waals surface area contributed by atoms with Crippen molar-refractivity contribution in [1.29, 1.82) is 0 Å². The summed E-state index contributed by atoms with van der Waals surface area (Å²) in [6, 6.07) is 5.79. The fraction of sp³-hybridized carbons (Fsp3) is 0.400. The van der Waals surface area contributed by atoms with Crippen LogP contribution in [0.25, 0.3) is 0 Å². The van der Waals surface area contributed by atoms with Crippen molar-refractivity contribution >= 4 is 17.7 Å². The largest absolute Gasteiger partial charge is 0.490 e. The highest BCUT2D eigenvalue weighted by Gasteiger charge is 2.12. The van der Waals surface area contributed by atoms with Crippen LogP contribution in [-0.4, -0.2) is 31.5 Å². The highest BCUT2D eigenvalue weighted by molar-refractivity contribution is 7.99. The van der Waals surface area contributed by atoms with Crippen LogP contribution in [0.5, 0.6) is 11.5 Å². The Balaban J connectivity index is 1.95. The fourth-order valence-corrected chi connectivity index (χ4v) is 2.51. The van der Waals surface area contributed by atoms with Crippen LogP contribution in [0, 0.1) is 0 Å². The van der Waals surface area contributed by atoms with Crippen LogP contribution < -0.4 is 9.47 Å². The van der Waals surface area contributed by atoms with Crippen molar-refractivity contribution in [2.24, 2.45) is 0 Å². The average Bonchev–Trinajstić information content (AvgIpc) is 2.69. The highest BCUT2D eigenvalue weighted by Crippen LogP contribution is 2.34. The van der Waals surface area contributed by atoms with Crippen molar-refractivity contribution in [2.45, 2.75) is 18.2 Å². The molecule has 0 aliphatic carbocycles. The summed E-state index contributed by atoms with van der Waals surface area (Å²) in [7, 11) is 0. The van der Waals surface area contributed by atoms with Crippen LogP contribution in [0.15, 0.2) is 35.2 Å². The molecule has 0 saturated heterocycles. The molecule has 0 spiro atoms. The lowest BCUT2D eigenvalue weighted by Crippen LogP contribution is -2.08. The molecule has 5 heteroatoms. The minimum atomic E-state index is -0.339. The summed E-state index contributed by atoms with van der Waals surface area (Å²) in [5.74, 6) is 1.69. The third kappa shape index (κ3) is 3.93. The third-order valence-electron chi connectivity index (χ3n) is 2.70. The van der Waals surface area contributed by atoms with Crippen LogP contribution in [0.4, 0.5) is 0 Å². The number of esters is 1. The average molecular weight is 294 g/mol. The first-order valence-corrected chi connectivity index (χ1v) is 7.56. The van der Waals surface area contributed by atoms with Crippen LogP contribution in [0.2, 0.25) is 0 Å². The second-order valence-corrected chi connectivity index (χ2v) is 5.32. The first-order valence-electron chi connectivity index (χ1n) is 6.58. The number of carbonyl (C=O) groups excluding carboxylic acids is 1. The first kappa shape index (κ1) is 14.8. The van der Waals surface area contributed by atoms with Crippen molar-refractivity contribution in [1.82, 2.24) is 0 Å². The Morgan fingerprint density at radius 1 is 1.35 bits per heavy atom. The summed E-state index contributed by atoms with van der Waals surface area (Å²) < 4.78 is 16.1. The van der Waals surface area contributed by atoms with Gasteiger partial charge in [-0.05, 0) is 25.1 Å².